The summed E-state index contributed by atoms with van der Waals surface area (Å²) in [5.41, 5.74) is 0.681. The highest BCUT2D eigenvalue weighted by Gasteiger charge is 2.11. The molecule has 16 heavy (non-hydrogen) atoms. The van der Waals surface area contributed by atoms with Gasteiger partial charge in [-0.15, -0.1) is 0 Å². The monoisotopic (exact) mass is 258 g/mol. The lowest BCUT2D eigenvalue weighted by Gasteiger charge is -2.06. The van der Waals surface area contributed by atoms with Crippen LogP contribution in [0.25, 0.3) is 11.1 Å². The van der Waals surface area contributed by atoms with Gasteiger partial charge in [0.2, 0.25) is 0 Å². The third-order valence-electron chi connectivity index (χ3n) is 2.17. The highest BCUT2D eigenvalue weighted by Crippen LogP contribution is 2.32. The lowest BCUT2D eigenvalue weighted by Crippen LogP contribution is -1.87. The molecule has 0 aliphatic heterocycles. The fourth-order valence-electron chi connectivity index (χ4n) is 1.43. The Morgan fingerprint density at radius 3 is 2.19 bits per heavy atom. The van der Waals surface area contributed by atoms with E-state index in [1.807, 2.05) is 0 Å². The van der Waals surface area contributed by atoms with E-state index in [0.717, 1.165) is 0 Å². The Hall–Kier alpha value is -1.12. The zero-order chi connectivity index (χ0) is 11.7. The highest BCUT2D eigenvalue weighted by atomic mass is 35.5. The second-order valence-electron chi connectivity index (χ2n) is 3.23. The molecule has 2 aromatic rings. The summed E-state index contributed by atoms with van der Waals surface area (Å²) in [6, 6.07) is 8.33. The second kappa shape index (κ2) is 4.40. The van der Waals surface area contributed by atoms with E-state index < -0.39 is 11.6 Å². The van der Waals surface area contributed by atoms with Crippen LogP contribution in [0.4, 0.5) is 8.78 Å². The summed E-state index contributed by atoms with van der Waals surface area (Å²) in [5.74, 6) is -1.01. The number of hydrogen-bond donors (Lipinski definition) is 0. The Labute approximate surface area is 101 Å². The number of rotatable bonds is 1. The predicted octanol–water partition coefficient (Wildman–Crippen LogP) is 4.94. The van der Waals surface area contributed by atoms with Crippen molar-refractivity contribution in [3.05, 3.63) is 58.1 Å². The second-order valence-corrected chi connectivity index (χ2v) is 4.04. The molecule has 0 radical (unpaired) electrons. The predicted molar refractivity (Wildman–Crippen MR) is 61.8 cm³/mol. The van der Waals surface area contributed by atoms with Crippen molar-refractivity contribution < 1.29 is 8.78 Å². The first-order valence-electron chi connectivity index (χ1n) is 4.49. The fourth-order valence-corrected chi connectivity index (χ4v) is 1.88. The molecule has 0 fully saturated rings. The van der Waals surface area contributed by atoms with E-state index in [2.05, 4.69) is 0 Å². The van der Waals surface area contributed by atoms with E-state index in [9.17, 15) is 8.78 Å². The minimum atomic E-state index is -0.544. The average Bonchev–Trinajstić information content (AvgIpc) is 2.23. The van der Waals surface area contributed by atoms with Gasteiger partial charge in [-0.1, -0.05) is 35.3 Å². The third kappa shape index (κ3) is 2.04. The molecule has 0 spiro atoms. The molecule has 2 aromatic carbocycles. The van der Waals surface area contributed by atoms with Crippen LogP contribution in [0.3, 0.4) is 0 Å². The molecule has 0 atom stereocenters. The molecule has 0 amide bonds. The van der Waals surface area contributed by atoms with Crippen LogP contribution in [0.15, 0.2) is 36.4 Å². The van der Waals surface area contributed by atoms with Gasteiger partial charge in [0, 0.05) is 5.56 Å². The van der Waals surface area contributed by atoms with Gasteiger partial charge in [0.25, 0.3) is 0 Å². The van der Waals surface area contributed by atoms with Crippen LogP contribution >= 0.6 is 23.2 Å². The summed E-state index contributed by atoms with van der Waals surface area (Å²) in [6.07, 6.45) is 0. The van der Waals surface area contributed by atoms with Crippen molar-refractivity contribution in [3.63, 3.8) is 0 Å². The number of hydrogen-bond acceptors (Lipinski definition) is 0. The minimum Gasteiger partial charge on any atom is -0.206 e. The van der Waals surface area contributed by atoms with Gasteiger partial charge in [0.1, 0.15) is 11.6 Å². The molecule has 0 unspecified atom stereocenters. The smallest absolute Gasteiger partial charge is 0.141 e. The molecule has 0 aliphatic carbocycles. The van der Waals surface area contributed by atoms with Gasteiger partial charge in [0.05, 0.1) is 10.0 Å². The Balaban J connectivity index is 2.63. The normalized spacial score (nSPS) is 10.5. The molecule has 82 valence electrons. The fraction of sp³-hybridized carbons (Fsp3) is 0. The van der Waals surface area contributed by atoms with E-state index in [1.165, 1.54) is 30.3 Å². The topological polar surface area (TPSA) is 0 Å². The molecule has 0 N–H and O–H groups in total. The van der Waals surface area contributed by atoms with Gasteiger partial charge in [-0.3, -0.25) is 0 Å². The van der Waals surface area contributed by atoms with Gasteiger partial charge < -0.3 is 0 Å². The summed E-state index contributed by atoms with van der Waals surface area (Å²) in [7, 11) is 0. The third-order valence-corrected chi connectivity index (χ3v) is 2.78. The molecule has 0 heterocycles. The van der Waals surface area contributed by atoms with Crippen molar-refractivity contribution in [2.75, 3.05) is 0 Å². The van der Waals surface area contributed by atoms with Crippen molar-refractivity contribution in [3.8, 4) is 11.1 Å². The maximum atomic E-state index is 13.5. The van der Waals surface area contributed by atoms with Gasteiger partial charge >= 0.3 is 0 Å². The Morgan fingerprint density at radius 2 is 1.56 bits per heavy atom. The maximum absolute atomic E-state index is 13.5. The van der Waals surface area contributed by atoms with Crippen molar-refractivity contribution in [2.24, 2.45) is 0 Å². The first-order valence-corrected chi connectivity index (χ1v) is 5.24. The molecular formula is C12H6Cl2F2. The molecule has 0 nitrogen and oxygen atoms in total. The zero-order valence-corrected chi connectivity index (χ0v) is 9.49. The van der Waals surface area contributed by atoms with Gasteiger partial charge in [-0.05, 0) is 29.8 Å². The molecule has 2 rings (SSSR count). The maximum Gasteiger partial charge on any atom is 0.141 e. The Bertz CT molecular complexity index is 518. The zero-order valence-electron chi connectivity index (χ0n) is 7.98. The van der Waals surface area contributed by atoms with E-state index >= 15 is 0 Å². The van der Waals surface area contributed by atoms with Gasteiger partial charge in [-0.25, -0.2) is 8.78 Å². The van der Waals surface area contributed by atoms with Crippen molar-refractivity contribution in [1.82, 2.24) is 0 Å². The summed E-state index contributed by atoms with van der Waals surface area (Å²) in [5, 5.41) is 0.208. The van der Waals surface area contributed by atoms with E-state index in [0.29, 0.717) is 5.56 Å². The molecule has 0 saturated carbocycles. The summed E-state index contributed by atoms with van der Waals surface area (Å²) < 4.78 is 26.5. The molecule has 0 aliphatic rings. The van der Waals surface area contributed by atoms with E-state index in [4.69, 9.17) is 23.2 Å². The Kier molecular flexibility index (Phi) is 3.13. The summed E-state index contributed by atoms with van der Waals surface area (Å²) in [4.78, 5) is 0. The lowest BCUT2D eigenvalue weighted by atomic mass is 10.1. The van der Waals surface area contributed by atoms with Crippen molar-refractivity contribution in [1.29, 1.82) is 0 Å². The quantitative estimate of drug-likeness (QED) is 0.680. The summed E-state index contributed by atoms with van der Waals surface area (Å²) >= 11 is 11.5. The van der Waals surface area contributed by atoms with E-state index in [-0.39, 0.29) is 15.6 Å². The van der Waals surface area contributed by atoms with Gasteiger partial charge in [-0.2, -0.15) is 0 Å². The molecule has 0 saturated heterocycles. The van der Waals surface area contributed by atoms with Crippen LogP contribution in [0, 0.1) is 11.6 Å². The molecule has 0 aromatic heterocycles. The van der Waals surface area contributed by atoms with Crippen molar-refractivity contribution in [2.45, 2.75) is 0 Å². The lowest BCUT2D eigenvalue weighted by molar-refractivity contribution is 0.626. The Morgan fingerprint density at radius 1 is 0.812 bits per heavy atom. The van der Waals surface area contributed by atoms with Crippen LogP contribution in [-0.2, 0) is 0 Å². The van der Waals surface area contributed by atoms with Crippen LogP contribution in [-0.4, -0.2) is 0 Å². The number of halogens is 4. The van der Waals surface area contributed by atoms with E-state index in [1.54, 1.807) is 6.07 Å². The average molecular weight is 259 g/mol. The van der Waals surface area contributed by atoms with Gasteiger partial charge in [0.15, 0.2) is 0 Å². The van der Waals surface area contributed by atoms with Crippen LogP contribution in [0.1, 0.15) is 0 Å². The van der Waals surface area contributed by atoms with Crippen LogP contribution in [0.5, 0.6) is 0 Å². The van der Waals surface area contributed by atoms with Crippen LogP contribution < -0.4 is 0 Å². The first kappa shape index (κ1) is 11.4. The number of benzene rings is 2. The highest BCUT2D eigenvalue weighted by molar-refractivity contribution is 6.33. The molecule has 0 bridgehead atoms. The largest absolute Gasteiger partial charge is 0.206 e. The first-order chi connectivity index (χ1) is 7.59. The minimum absolute atomic E-state index is 0.0585. The molecule has 4 heteroatoms. The SMILES string of the molecule is Fc1ccc(-c2c(F)cccc2Cl)cc1Cl. The standard InChI is InChI=1S/C12H6Cl2F2/c13-8-2-1-3-11(16)12(8)7-4-5-10(15)9(14)6-7/h1-6H. The summed E-state index contributed by atoms with van der Waals surface area (Å²) in [6.45, 7) is 0. The van der Waals surface area contributed by atoms with Crippen molar-refractivity contribution >= 4 is 23.2 Å². The van der Waals surface area contributed by atoms with Crippen LogP contribution in [0.2, 0.25) is 10.0 Å². The molecular weight excluding hydrogens is 253 g/mol.